The molecular formula is C19H22N2O3. The molecule has 0 aliphatic carbocycles. The Bertz CT molecular complexity index is 654. The van der Waals surface area contributed by atoms with Gasteiger partial charge in [-0.05, 0) is 48.7 Å². The summed E-state index contributed by atoms with van der Waals surface area (Å²) in [7, 11) is 0. The predicted octanol–water partition coefficient (Wildman–Crippen LogP) is 3.61. The molecule has 0 saturated carbocycles. The molecule has 1 N–H and O–H groups in total. The summed E-state index contributed by atoms with van der Waals surface area (Å²) in [5.41, 5.74) is 2.17. The van der Waals surface area contributed by atoms with Crippen LogP contribution in [-0.2, 0) is 16.0 Å². The van der Waals surface area contributed by atoms with Crippen LogP contribution in [0, 0.1) is 0 Å². The normalized spacial score (nSPS) is 10.2. The maximum Gasteiger partial charge on any atom is 0.338 e. The predicted molar refractivity (Wildman–Crippen MR) is 92.8 cm³/mol. The number of esters is 1. The zero-order valence-corrected chi connectivity index (χ0v) is 13.8. The van der Waals surface area contributed by atoms with Gasteiger partial charge in [0.1, 0.15) is 0 Å². The fraction of sp³-hybridized carbons (Fsp3) is 0.316. The van der Waals surface area contributed by atoms with Crippen LogP contribution in [0.4, 0.5) is 5.69 Å². The Morgan fingerprint density at radius 1 is 1.17 bits per heavy atom. The molecule has 24 heavy (non-hydrogen) atoms. The first-order valence-electron chi connectivity index (χ1n) is 8.15. The second-order valence-electron chi connectivity index (χ2n) is 5.48. The minimum absolute atomic E-state index is 0.0721. The molecular weight excluding hydrogens is 304 g/mol. The number of amides is 1. The number of unbranched alkanes of at least 4 members (excludes halogenated alkanes) is 1. The maximum atomic E-state index is 12.0. The summed E-state index contributed by atoms with van der Waals surface area (Å²) in [5, 5.41) is 2.82. The highest BCUT2D eigenvalue weighted by atomic mass is 16.5. The minimum atomic E-state index is -0.335. The molecule has 0 atom stereocenters. The van der Waals surface area contributed by atoms with Crippen LogP contribution < -0.4 is 5.32 Å². The third kappa shape index (κ3) is 5.83. The van der Waals surface area contributed by atoms with E-state index in [0.717, 1.165) is 18.4 Å². The number of carbonyl (C=O) groups is 2. The lowest BCUT2D eigenvalue weighted by Crippen LogP contribution is -2.12. The lowest BCUT2D eigenvalue weighted by molar-refractivity contribution is -0.116. The average Bonchev–Trinajstić information content (AvgIpc) is 2.61. The van der Waals surface area contributed by atoms with Crippen LogP contribution in [0.5, 0.6) is 0 Å². The molecule has 1 aromatic heterocycles. The first-order valence-corrected chi connectivity index (χ1v) is 8.15. The lowest BCUT2D eigenvalue weighted by Gasteiger charge is -2.07. The number of aromatic nitrogens is 1. The van der Waals surface area contributed by atoms with Crippen molar-refractivity contribution in [2.45, 2.75) is 32.6 Å². The molecule has 0 unspecified atom stereocenters. The lowest BCUT2D eigenvalue weighted by atomic mass is 10.1. The van der Waals surface area contributed by atoms with Crippen LogP contribution in [0.25, 0.3) is 0 Å². The molecule has 1 amide bonds. The zero-order chi connectivity index (χ0) is 17.2. The van der Waals surface area contributed by atoms with Gasteiger partial charge in [0.15, 0.2) is 0 Å². The van der Waals surface area contributed by atoms with Crippen LogP contribution in [0.15, 0.2) is 48.8 Å². The Kier molecular flexibility index (Phi) is 6.95. The van der Waals surface area contributed by atoms with Crippen molar-refractivity contribution < 1.29 is 14.3 Å². The van der Waals surface area contributed by atoms with Crippen LogP contribution in [0.1, 0.15) is 42.1 Å². The van der Waals surface area contributed by atoms with Crippen molar-refractivity contribution in [2.24, 2.45) is 0 Å². The van der Waals surface area contributed by atoms with Crippen molar-refractivity contribution >= 4 is 17.6 Å². The van der Waals surface area contributed by atoms with Crippen molar-refractivity contribution in [2.75, 3.05) is 11.9 Å². The molecule has 5 nitrogen and oxygen atoms in total. The summed E-state index contributed by atoms with van der Waals surface area (Å²) in [4.78, 5) is 27.8. The highest BCUT2D eigenvalue weighted by molar-refractivity contribution is 5.93. The molecule has 2 aromatic rings. The van der Waals surface area contributed by atoms with E-state index < -0.39 is 0 Å². The molecule has 1 heterocycles. The summed E-state index contributed by atoms with van der Waals surface area (Å²) in [6, 6.07) is 10.5. The van der Waals surface area contributed by atoms with E-state index in [4.69, 9.17) is 4.74 Å². The van der Waals surface area contributed by atoms with Crippen molar-refractivity contribution in [1.82, 2.24) is 4.98 Å². The Labute approximate surface area is 142 Å². The molecule has 0 bridgehead atoms. The number of hydrogen-bond donors (Lipinski definition) is 1. The molecule has 0 saturated heterocycles. The van der Waals surface area contributed by atoms with Gasteiger partial charge in [-0.25, -0.2) is 4.79 Å². The Hall–Kier alpha value is -2.69. The molecule has 0 radical (unpaired) electrons. The highest BCUT2D eigenvalue weighted by Gasteiger charge is 2.08. The number of aryl methyl sites for hydroxylation is 1. The molecule has 1 aromatic carbocycles. The number of carbonyl (C=O) groups excluding carboxylic acids is 2. The van der Waals surface area contributed by atoms with E-state index >= 15 is 0 Å². The summed E-state index contributed by atoms with van der Waals surface area (Å²) in [6.07, 6.45) is 6.33. The summed E-state index contributed by atoms with van der Waals surface area (Å²) in [5.74, 6) is -0.407. The van der Waals surface area contributed by atoms with Gasteiger partial charge in [0, 0.05) is 24.5 Å². The second kappa shape index (κ2) is 9.45. The number of anilines is 1. The Balaban J connectivity index is 1.80. The fourth-order valence-corrected chi connectivity index (χ4v) is 2.11. The van der Waals surface area contributed by atoms with Gasteiger partial charge in [0.25, 0.3) is 0 Å². The Morgan fingerprint density at radius 2 is 1.96 bits per heavy atom. The number of nitrogens with zero attached hydrogens (tertiary/aromatic N) is 1. The third-order valence-electron chi connectivity index (χ3n) is 3.50. The van der Waals surface area contributed by atoms with E-state index in [1.54, 1.807) is 36.7 Å². The van der Waals surface area contributed by atoms with E-state index in [-0.39, 0.29) is 11.9 Å². The second-order valence-corrected chi connectivity index (χ2v) is 5.48. The van der Waals surface area contributed by atoms with Gasteiger partial charge in [-0.15, -0.1) is 0 Å². The Morgan fingerprint density at radius 3 is 2.62 bits per heavy atom. The van der Waals surface area contributed by atoms with Gasteiger partial charge in [-0.2, -0.15) is 0 Å². The number of rotatable bonds is 8. The average molecular weight is 326 g/mol. The quantitative estimate of drug-likeness (QED) is 0.594. The van der Waals surface area contributed by atoms with Gasteiger partial charge in [-0.1, -0.05) is 19.4 Å². The topological polar surface area (TPSA) is 68.3 Å². The van der Waals surface area contributed by atoms with E-state index in [2.05, 4.69) is 10.3 Å². The molecule has 0 aliphatic rings. The van der Waals surface area contributed by atoms with Gasteiger partial charge >= 0.3 is 5.97 Å². The van der Waals surface area contributed by atoms with Gasteiger partial charge in [0.2, 0.25) is 5.91 Å². The molecule has 0 aliphatic heterocycles. The molecule has 5 heteroatoms. The monoisotopic (exact) mass is 326 g/mol. The largest absolute Gasteiger partial charge is 0.462 e. The van der Waals surface area contributed by atoms with Crippen LogP contribution >= 0.6 is 0 Å². The van der Waals surface area contributed by atoms with Crippen LogP contribution in [0.3, 0.4) is 0 Å². The minimum Gasteiger partial charge on any atom is -0.462 e. The number of hydrogen-bond acceptors (Lipinski definition) is 4. The number of benzene rings is 1. The van der Waals surface area contributed by atoms with E-state index in [0.29, 0.717) is 30.7 Å². The smallest absolute Gasteiger partial charge is 0.338 e. The van der Waals surface area contributed by atoms with Crippen molar-refractivity contribution in [3.63, 3.8) is 0 Å². The van der Waals surface area contributed by atoms with Gasteiger partial charge in [0.05, 0.1) is 12.2 Å². The standard InChI is InChI=1S/C19H22N2O3/c1-2-3-13-24-19(23)16-7-9-17(10-8-16)21-18(22)11-6-15-5-4-12-20-14-15/h4-5,7-10,12,14H,2-3,6,11,13H2,1H3,(H,21,22). The molecule has 2 rings (SSSR count). The highest BCUT2D eigenvalue weighted by Crippen LogP contribution is 2.12. The SMILES string of the molecule is CCCCOC(=O)c1ccc(NC(=O)CCc2cccnc2)cc1. The van der Waals surface area contributed by atoms with Gasteiger partial charge < -0.3 is 10.1 Å². The van der Waals surface area contributed by atoms with Crippen molar-refractivity contribution in [3.8, 4) is 0 Å². The van der Waals surface area contributed by atoms with Crippen molar-refractivity contribution in [3.05, 3.63) is 59.9 Å². The first-order chi connectivity index (χ1) is 11.7. The maximum absolute atomic E-state index is 12.0. The van der Waals surface area contributed by atoms with E-state index in [1.807, 2.05) is 19.1 Å². The number of ether oxygens (including phenoxy) is 1. The third-order valence-corrected chi connectivity index (χ3v) is 3.50. The summed E-state index contributed by atoms with van der Waals surface area (Å²) < 4.78 is 5.14. The fourth-order valence-electron chi connectivity index (χ4n) is 2.11. The molecule has 0 spiro atoms. The van der Waals surface area contributed by atoms with Gasteiger partial charge in [-0.3, -0.25) is 9.78 Å². The number of nitrogens with one attached hydrogen (secondary N) is 1. The van der Waals surface area contributed by atoms with E-state index in [1.165, 1.54) is 0 Å². The van der Waals surface area contributed by atoms with Crippen LogP contribution in [0.2, 0.25) is 0 Å². The van der Waals surface area contributed by atoms with Crippen molar-refractivity contribution in [1.29, 1.82) is 0 Å². The zero-order valence-electron chi connectivity index (χ0n) is 13.8. The number of pyridine rings is 1. The van der Waals surface area contributed by atoms with E-state index in [9.17, 15) is 9.59 Å². The molecule has 126 valence electrons. The summed E-state index contributed by atoms with van der Waals surface area (Å²) in [6.45, 7) is 2.47. The first kappa shape index (κ1) is 17.7. The molecule has 0 fully saturated rings. The van der Waals surface area contributed by atoms with Crippen LogP contribution in [-0.4, -0.2) is 23.5 Å². The summed E-state index contributed by atoms with van der Waals surface area (Å²) >= 11 is 0.